The van der Waals surface area contributed by atoms with Crippen LogP contribution in [-0.4, -0.2) is 46.9 Å². The van der Waals surface area contributed by atoms with E-state index in [2.05, 4.69) is 13.8 Å². The summed E-state index contributed by atoms with van der Waals surface area (Å²) in [6.45, 7) is 8.79. The number of fused-ring (bicyclic) bond motifs is 1. The second-order valence-electron chi connectivity index (χ2n) is 7.97. The maximum atomic E-state index is 13.8. The van der Waals surface area contributed by atoms with Gasteiger partial charge in [-0.25, -0.2) is 10.0 Å². The monoisotopic (exact) mass is 390 g/mol. The van der Waals surface area contributed by atoms with Crippen LogP contribution in [0.15, 0.2) is 24.3 Å². The molecule has 2 unspecified atom stereocenters. The smallest absolute Gasteiger partial charge is 0.238 e. The van der Waals surface area contributed by atoms with Crippen molar-refractivity contribution in [1.29, 1.82) is 0 Å². The lowest BCUT2D eigenvalue weighted by atomic mass is 10.1. The number of rotatable bonds is 5. The van der Waals surface area contributed by atoms with E-state index in [4.69, 9.17) is 0 Å². The van der Waals surface area contributed by atoms with Gasteiger partial charge >= 0.3 is 0 Å². The number of amides is 2. The van der Waals surface area contributed by atoms with Gasteiger partial charge in [0.25, 0.3) is 0 Å². The first-order chi connectivity index (χ1) is 12.9. The summed E-state index contributed by atoms with van der Waals surface area (Å²) in [6, 6.07) is 7.90. The molecule has 3 rings (SSSR count). The predicted octanol–water partition coefficient (Wildman–Crippen LogP) is 4.56. The highest BCUT2D eigenvalue weighted by molar-refractivity contribution is 8.34. The normalized spacial score (nSPS) is 29.9. The molecule has 27 heavy (non-hydrogen) atoms. The van der Waals surface area contributed by atoms with Crippen molar-refractivity contribution in [2.75, 3.05) is 33.6 Å². The first kappa shape index (κ1) is 20.2. The van der Waals surface area contributed by atoms with Crippen molar-refractivity contribution in [3.05, 3.63) is 24.3 Å². The molecule has 2 amide bonds. The SMILES string of the molecule is CCCCS1(CC)CCCC1C(=O)N1C[C@H](C)N(C(C)=O)c2ccccc21. The van der Waals surface area contributed by atoms with Crippen molar-refractivity contribution in [2.45, 2.75) is 64.7 Å². The van der Waals surface area contributed by atoms with E-state index >= 15 is 0 Å². The summed E-state index contributed by atoms with van der Waals surface area (Å²) < 4.78 is 0. The number of benzene rings is 1. The maximum Gasteiger partial charge on any atom is 0.238 e. The van der Waals surface area contributed by atoms with Gasteiger partial charge in [-0.3, -0.25) is 9.59 Å². The molecule has 5 heteroatoms. The van der Waals surface area contributed by atoms with E-state index in [1.54, 1.807) is 6.92 Å². The fourth-order valence-electron chi connectivity index (χ4n) is 4.89. The molecule has 1 aromatic carbocycles. The fraction of sp³-hybridized carbons (Fsp3) is 0.636. The molecule has 2 aliphatic heterocycles. The molecule has 2 aliphatic rings. The Bertz CT molecular complexity index is 707. The van der Waals surface area contributed by atoms with Crippen molar-refractivity contribution in [3.8, 4) is 0 Å². The van der Waals surface area contributed by atoms with E-state index in [1.807, 2.05) is 41.0 Å². The van der Waals surface area contributed by atoms with Gasteiger partial charge in [-0.05, 0) is 55.6 Å². The number of nitrogens with zero attached hydrogens (tertiary/aromatic N) is 2. The Labute approximate surface area is 165 Å². The minimum atomic E-state index is -0.872. The van der Waals surface area contributed by atoms with Crippen LogP contribution in [0, 0.1) is 0 Å². The van der Waals surface area contributed by atoms with Crippen LogP contribution < -0.4 is 9.80 Å². The third kappa shape index (κ3) is 3.63. The Kier molecular flexibility index (Phi) is 6.19. The Morgan fingerprint density at radius 2 is 1.89 bits per heavy atom. The summed E-state index contributed by atoms with van der Waals surface area (Å²) in [5.74, 6) is 4.00. The van der Waals surface area contributed by atoms with E-state index in [-0.39, 0.29) is 17.2 Å². The number of anilines is 2. The minimum absolute atomic E-state index is 0.00409. The lowest BCUT2D eigenvalue weighted by molar-refractivity contribution is -0.119. The van der Waals surface area contributed by atoms with Gasteiger partial charge in [-0.1, -0.05) is 32.4 Å². The largest absolute Gasteiger partial charge is 0.307 e. The van der Waals surface area contributed by atoms with Crippen molar-refractivity contribution < 1.29 is 9.59 Å². The molecule has 1 saturated heterocycles. The predicted molar refractivity (Wildman–Crippen MR) is 117 cm³/mol. The Morgan fingerprint density at radius 1 is 1.19 bits per heavy atom. The van der Waals surface area contributed by atoms with E-state index in [0.29, 0.717) is 12.5 Å². The molecule has 1 fully saturated rings. The van der Waals surface area contributed by atoms with Gasteiger partial charge in [0, 0.05) is 13.5 Å². The van der Waals surface area contributed by atoms with Crippen LogP contribution in [0.4, 0.5) is 11.4 Å². The van der Waals surface area contributed by atoms with E-state index < -0.39 is 10.0 Å². The van der Waals surface area contributed by atoms with Gasteiger partial charge in [0.1, 0.15) is 0 Å². The van der Waals surface area contributed by atoms with Crippen LogP contribution in [-0.2, 0) is 9.59 Å². The zero-order valence-corrected chi connectivity index (χ0v) is 18.1. The summed E-state index contributed by atoms with van der Waals surface area (Å²) in [5, 5.41) is 0.193. The second-order valence-corrected chi connectivity index (χ2v) is 12.2. The van der Waals surface area contributed by atoms with Crippen molar-refractivity contribution in [1.82, 2.24) is 0 Å². The first-order valence-corrected chi connectivity index (χ1v) is 12.6. The zero-order chi connectivity index (χ0) is 19.6. The van der Waals surface area contributed by atoms with Crippen LogP contribution in [0.5, 0.6) is 0 Å². The topological polar surface area (TPSA) is 40.6 Å². The molecule has 4 nitrogen and oxygen atoms in total. The maximum absolute atomic E-state index is 13.8. The quantitative estimate of drug-likeness (QED) is 0.739. The number of carbonyl (C=O) groups excluding carboxylic acids is 2. The number of unbranched alkanes of at least 4 members (excludes halogenated alkanes) is 1. The van der Waals surface area contributed by atoms with Gasteiger partial charge in [-0.15, -0.1) is 0 Å². The molecule has 3 atom stereocenters. The van der Waals surface area contributed by atoms with Crippen LogP contribution in [0.25, 0.3) is 0 Å². The third-order valence-corrected chi connectivity index (χ3v) is 11.3. The molecule has 0 aliphatic carbocycles. The number of carbonyl (C=O) groups is 2. The third-order valence-electron chi connectivity index (χ3n) is 6.30. The average molecular weight is 391 g/mol. The molecule has 2 heterocycles. The lowest BCUT2D eigenvalue weighted by Gasteiger charge is -2.45. The van der Waals surface area contributed by atoms with Gasteiger partial charge in [0.2, 0.25) is 11.8 Å². The molecular weight excluding hydrogens is 356 g/mol. The molecule has 0 saturated carbocycles. The molecule has 150 valence electrons. The van der Waals surface area contributed by atoms with Gasteiger partial charge in [0.05, 0.1) is 22.7 Å². The molecule has 0 aromatic heterocycles. The molecule has 0 bridgehead atoms. The molecule has 0 radical (unpaired) electrons. The highest BCUT2D eigenvalue weighted by Gasteiger charge is 2.44. The van der Waals surface area contributed by atoms with Crippen LogP contribution in [0.2, 0.25) is 0 Å². The van der Waals surface area contributed by atoms with E-state index in [1.165, 1.54) is 30.8 Å². The Hall–Kier alpha value is -1.49. The van der Waals surface area contributed by atoms with Crippen LogP contribution in [0.1, 0.15) is 53.4 Å². The molecule has 1 aromatic rings. The van der Waals surface area contributed by atoms with Gasteiger partial charge in [0.15, 0.2) is 0 Å². The second kappa shape index (κ2) is 8.26. The van der Waals surface area contributed by atoms with Crippen molar-refractivity contribution in [3.63, 3.8) is 0 Å². The van der Waals surface area contributed by atoms with E-state index in [9.17, 15) is 9.59 Å². The average Bonchev–Trinajstić information content (AvgIpc) is 3.09. The summed E-state index contributed by atoms with van der Waals surface area (Å²) in [4.78, 5) is 29.8. The van der Waals surface area contributed by atoms with Crippen molar-refractivity contribution in [2.24, 2.45) is 0 Å². The van der Waals surface area contributed by atoms with Gasteiger partial charge < -0.3 is 9.80 Å². The summed E-state index contributed by atoms with van der Waals surface area (Å²) >= 11 is 0. The fourth-order valence-corrected chi connectivity index (χ4v) is 9.47. The lowest BCUT2D eigenvalue weighted by Crippen LogP contribution is -2.53. The number of hydrogen-bond donors (Lipinski definition) is 0. The molecule has 0 N–H and O–H groups in total. The summed E-state index contributed by atoms with van der Waals surface area (Å²) in [5.41, 5.74) is 1.78. The molecular formula is C22H34N2O2S. The molecule has 0 spiro atoms. The van der Waals surface area contributed by atoms with Gasteiger partial charge in [-0.2, -0.15) is 0 Å². The zero-order valence-electron chi connectivity index (χ0n) is 17.2. The highest BCUT2D eigenvalue weighted by atomic mass is 32.3. The summed E-state index contributed by atoms with van der Waals surface area (Å²) in [6.07, 6.45) is 4.66. The number of hydrogen-bond acceptors (Lipinski definition) is 2. The van der Waals surface area contributed by atoms with Crippen LogP contribution in [0.3, 0.4) is 0 Å². The highest BCUT2D eigenvalue weighted by Crippen LogP contribution is 2.60. The Morgan fingerprint density at radius 3 is 2.52 bits per heavy atom. The Balaban J connectivity index is 1.94. The van der Waals surface area contributed by atoms with Crippen LogP contribution >= 0.6 is 10.0 Å². The van der Waals surface area contributed by atoms with Crippen molar-refractivity contribution >= 4 is 33.2 Å². The minimum Gasteiger partial charge on any atom is -0.307 e. The standard InChI is InChI=1S/C22H34N2O2S/c1-5-7-14-27(6-2)15-10-13-21(27)22(26)23-16-17(3)24(18(4)25)20-12-9-8-11-19(20)23/h8-9,11-12,17,21H,5-7,10,13-16H2,1-4H3/t17-,21?/m0/s1. The first-order valence-electron chi connectivity index (χ1n) is 10.4. The van der Waals surface area contributed by atoms with E-state index in [0.717, 1.165) is 23.5 Å². The summed E-state index contributed by atoms with van der Waals surface area (Å²) in [7, 11) is -0.872. The number of para-hydroxylation sites is 2.